The van der Waals surface area contributed by atoms with Gasteiger partial charge in [-0.2, -0.15) is 0 Å². The number of carbonyl (C=O) groups excluding carboxylic acids is 1. The van der Waals surface area contributed by atoms with E-state index in [0.29, 0.717) is 26.3 Å². The zero-order valence-electron chi connectivity index (χ0n) is 20.7. The number of imidazole rings is 1. The molecule has 4 atom stereocenters. The second kappa shape index (κ2) is 8.45. The highest BCUT2D eigenvalue weighted by atomic mass is 16.6. The summed E-state index contributed by atoms with van der Waals surface area (Å²) in [6.45, 7) is 12.5. The standard InChI is InChI=1S/C26H36N4O4/c1-25(2,3)34-24(32)29-14-17-18(15-29)20(17)22(31)28-26(4,5)23-27-21(16-9-12-33-13-10-16)19-8-6-7-11-30(19)23/h6-9,11,17-18,20,24,32H,10,12-15H2,1-5H3,(H,28,31)/t17-,18+,20?,24?. The summed E-state index contributed by atoms with van der Waals surface area (Å²) in [6, 6.07) is 6.08. The first kappa shape index (κ1) is 23.5. The van der Waals surface area contributed by atoms with Gasteiger partial charge in [-0.15, -0.1) is 0 Å². The molecule has 1 saturated carbocycles. The van der Waals surface area contributed by atoms with Crippen LogP contribution in [0.5, 0.6) is 0 Å². The first-order valence-corrected chi connectivity index (χ1v) is 12.2. The van der Waals surface area contributed by atoms with Crippen LogP contribution in [-0.2, 0) is 19.8 Å². The number of amides is 1. The lowest BCUT2D eigenvalue weighted by atomic mass is 10.0. The van der Waals surface area contributed by atoms with Gasteiger partial charge in [-0.25, -0.2) is 4.98 Å². The summed E-state index contributed by atoms with van der Waals surface area (Å²) in [5.41, 5.74) is 2.14. The first-order valence-electron chi connectivity index (χ1n) is 12.2. The number of pyridine rings is 1. The Bertz CT molecular complexity index is 1100. The fourth-order valence-corrected chi connectivity index (χ4v) is 5.42. The topological polar surface area (TPSA) is 88.3 Å². The smallest absolute Gasteiger partial charge is 0.224 e. The lowest BCUT2D eigenvalue weighted by Crippen LogP contribution is -2.46. The van der Waals surface area contributed by atoms with Gasteiger partial charge in [-0.3, -0.25) is 9.69 Å². The number of ether oxygens (including phenoxy) is 2. The number of hydrogen-bond acceptors (Lipinski definition) is 6. The molecule has 0 spiro atoms. The average molecular weight is 469 g/mol. The summed E-state index contributed by atoms with van der Waals surface area (Å²) < 4.78 is 13.2. The lowest BCUT2D eigenvalue weighted by Gasteiger charge is -2.31. The number of nitrogens with zero attached hydrogens (tertiary/aromatic N) is 3. The van der Waals surface area contributed by atoms with Crippen molar-refractivity contribution >= 4 is 17.0 Å². The molecule has 4 heterocycles. The number of hydrogen-bond donors (Lipinski definition) is 2. The maximum atomic E-state index is 13.3. The van der Waals surface area contributed by atoms with Gasteiger partial charge in [0.25, 0.3) is 0 Å². The van der Waals surface area contributed by atoms with Crippen molar-refractivity contribution in [3.63, 3.8) is 0 Å². The van der Waals surface area contributed by atoms with Gasteiger partial charge in [0.2, 0.25) is 12.3 Å². The molecule has 1 aliphatic carbocycles. The Morgan fingerprint density at radius 1 is 1.24 bits per heavy atom. The van der Waals surface area contributed by atoms with E-state index in [2.05, 4.69) is 21.9 Å². The Morgan fingerprint density at radius 2 is 1.97 bits per heavy atom. The minimum Gasteiger partial charge on any atom is -0.377 e. The Balaban J connectivity index is 1.29. The summed E-state index contributed by atoms with van der Waals surface area (Å²) in [4.78, 5) is 20.2. The fraction of sp³-hybridized carbons (Fsp3) is 0.615. The van der Waals surface area contributed by atoms with Crippen LogP contribution in [0.2, 0.25) is 0 Å². The fourth-order valence-electron chi connectivity index (χ4n) is 5.42. The number of carbonyl (C=O) groups is 1. The molecule has 2 aromatic rings. The van der Waals surface area contributed by atoms with Gasteiger partial charge in [-0.05, 0) is 70.6 Å². The third-order valence-electron chi connectivity index (χ3n) is 7.11. The molecule has 0 aromatic carbocycles. The van der Waals surface area contributed by atoms with E-state index in [4.69, 9.17) is 14.5 Å². The van der Waals surface area contributed by atoms with Gasteiger partial charge >= 0.3 is 0 Å². The molecule has 0 bridgehead atoms. The number of aliphatic hydroxyl groups is 1. The van der Waals surface area contributed by atoms with Crippen LogP contribution in [0.3, 0.4) is 0 Å². The number of nitrogens with one attached hydrogen (secondary N) is 1. The maximum Gasteiger partial charge on any atom is 0.224 e. The van der Waals surface area contributed by atoms with Crippen LogP contribution >= 0.6 is 0 Å². The molecule has 34 heavy (non-hydrogen) atoms. The van der Waals surface area contributed by atoms with Crippen LogP contribution in [0, 0.1) is 17.8 Å². The van der Waals surface area contributed by atoms with E-state index >= 15 is 0 Å². The molecule has 1 saturated heterocycles. The van der Waals surface area contributed by atoms with Crippen molar-refractivity contribution in [2.75, 3.05) is 26.3 Å². The Kier molecular flexibility index (Phi) is 5.83. The SMILES string of the molecule is CC(C)(C)OC(O)N1C[C@@H]2C(C(=O)NC(C)(C)c3nc(C4=CCOCC4)c4ccccn34)[C@@H]2C1. The third-order valence-corrected chi connectivity index (χ3v) is 7.11. The molecule has 3 aliphatic rings. The monoisotopic (exact) mass is 468 g/mol. The highest BCUT2D eigenvalue weighted by Gasteiger charge is 2.60. The molecular formula is C26H36N4O4. The number of aliphatic hydroxyl groups excluding tert-OH is 1. The lowest BCUT2D eigenvalue weighted by molar-refractivity contribution is -0.236. The molecule has 2 aliphatic heterocycles. The van der Waals surface area contributed by atoms with E-state index in [0.717, 1.165) is 23.5 Å². The van der Waals surface area contributed by atoms with Crippen molar-refractivity contribution in [3.8, 4) is 0 Å². The van der Waals surface area contributed by atoms with Gasteiger partial charge in [-0.1, -0.05) is 12.1 Å². The normalized spacial score (nSPS) is 26.3. The van der Waals surface area contributed by atoms with Crippen LogP contribution in [0.4, 0.5) is 0 Å². The van der Waals surface area contributed by atoms with Crippen LogP contribution in [0.15, 0.2) is 30.5 Å². The number of rotatable bonds is 6. The van der Waals surface area contributed by atoms with E-state index in [1.54, 1.807) is 0 Å². The van der Waals surface area contributed by atoms with Crippen molar-refractivity contribution in [3.05, 3.63) is 42.0 Å². The number of piperidine rings is 1. The molecule has 1 amide bonds. The minimum atomic E-state index is -0.929. The zero-order chi connectivity index (χ0) is 24.3. The van der Waals surface area contributed by atoms with Crippen LogP contribution in [-0.4, -0.2) is 63.6 Å². The number of aromatic nitrogens is 2. The van der Waals surface area contributed by atoms with Crippen LogP contribution < -0.4 is 5.32 Å². The molecular weight excluding hydrogens is 432 g/mol. The molecule has 184 valence electrons. The number of likely N-dealkylation sites (tertiary alicyclic amines) is 1. The predicted molar refractivity (Wildman–Crippen MR) is 129 cm³/mol. The average Bonchev–Trinajstić information content (AvgIpc) is 3.09. The third kappa shape index (κ3) is 4.40. The van der Waals surface area contributed by atoms with E-state index in [-0.39, 0.29) is 23.7 Å². The molecule has 2 N–H and O–H groups in total. The minimum absolute atomic E-state index is 0.0266. The van der Waals surface area contributed by atoms with Crippen molar-refractivity contribution in [1.82, 2.24) is 19.6 Å². The molecule has 8 nitrogen and oxygen atoms in total. The maximum absolute atomic E-state index is 13.3. The van der Waals surface area contributed by atoms with Gasteiger partial charge in [0.05, 0.1) is 35.6 Å². The first-order chi connectivity index (χ1) is 16.0. The highest BCUT2D eigenvalue weighted by Crippen LogP contribution is 2.52. The van der Waals surface area contributed by atoms with Crippen LogP contribution in [0.1, 0.15) is 52.6 Å². The van der Waals surface area contributed by atoms with Gasteiger partial charge in [0, 0.05) is 25.2 Å². The van der Waals surface area contributed by atoms with Crippen molar-refractivity contribution in [2.24, 2.45) is 17.8 Å². The summed E-state index contributed by atoms with van der Waals surface area (Å²) >= 11 is 0. The highest BCUT2D eigenvalue weighted by molar-refractivity contribution is 5.83. The summed E-state index contributed by atoms with van der Waals surface area (Å²) in [7, 11) is 0. The van der Waals surface area contributed by atoms with Crippen molar-refractivity contribution < 1.29 is 19.4 Å². The summed E-state index contributed by atoms with van der Waals surface area (Å²) in [5, 5.41) is 13.6. The van der Waals surface area contributed by atoms with E-state index in [1.807, 2.05) is 57.8 Å². The zero-order valence-corrected chi connectivity index (χ0v) is 20.7. The second-order valence-electron chi connectivity index (χ2n) is 11.3. The molecule has 0 radical (unpaired) electrons. The summed E-state index contributed by atoms with van der Waals surface area (Å²) in [6.07, 6.45) is 4.01. The van der Waals surface area contributed by atoms with E-state index in [1.165, 1.54) is 5.57 Å². The molecule has 2 aromatic heterocycles. The summed E-state index contributed by atoms with van der Waals surface area (Å²) in [5.74, 6) is 1.37. The predicted octanol–water partition coefficient (Wildman–Crippen LogP) is 2.76. The Hall–Kier alpha value is -2.26. The quantitative estimate of drug-likeness (QED) is 0.634. The van der Waals surface area contributed by atoms with Crippen molar-refractivity contribution in [1.29, 1.82) is 0 Å². The Labute approximate surface area is 200 Å². The van der Waals surface area contributed by atoms with E-state index in [9.17, 15) is 9.90 Å². The van der Waals surface area contributed by atoms with Gasteiger partial charge in [0.1, 0.15) is 5.82 Å². The number of fused-ring (bicyclic) bond motifs is 2. The molecule has 5 rings (SSSR count). The largest absolute Gasteiger partial charge is 0.377 e. The Morgan fingerprint density at radius 3 is 2.62 bits per heavy atom. The molecule has 8 heteroatoms. The van der Waals surface area contributed by atoms with E-state index < -0.39 is 17.6 Å². The second-order valence-corrected chi connectivity index (χ2v) is 11.3. The van der Waals surface area contributed by atoms with Gasteiger partial charge in [0.15, 0.2) is 0 Å². The van der Waals surface area contributed by atoms with Crippen molar-refractivity contribution in [2.45, 2.75) is 58.6 Å². The molecule has 2 fully saturated rings. The van der Waals surface area contributed by atoms with Crippen LogP contribution in [0.25, 0.3) is 11.1 Å². The molecule has 2 unspecified atom stereocenters. The van der Waals surface area contributed by atoms with Gasteiger partial charge < -0.3 is 24.3 Å².